The van der Waals surface area contributed by atoms with Crippen LogP contribution in [0.1, 0.15) is 92.4 Å². The second-order valence-electron chi connectivity index (χ2n) is 13.5. The third-order valence-corrected chi connectivity index (χ3v) is 12.1. The third-order valence-electron chi connectivity index (χ3n) is 12.1. The molecule has 6 fully saturated rings. The van der Waals surface area contributed by atoms with E-state index in [1.807, 2.05) is 0 Å². The van der Waals surface area contributed by atoms with Crippen molar-refractivity contribution in [1.29, 1.82) is 0 Å². The summed E-state index contributed by atoms with van der Waals surface area (Å²) in [7, 11) is 0. The average molecular weight is 473 g/mol. The molecule has 4 aliphatic carbocycles. The molecule has 6 rings (SSSR count). The summed E-state index contributed by atoms with van der Waals surface area (Å²) >= 11 is 0. The highest BCUT2D eigenvalue weighted by Gasteiger charge is 2.71. The lowest BCUT2D eigenvalue weighted by Gasteiger charge is -2.60. The first kappa shape index (κ1) is 23.5. The molecule has 0 aromatic rings. The Balaban J connectivity index is 1.25. The predicted molar refractivity (Wildman–Crippen MR) is 128 cm³/mol. The number of esters is 1. The van der Waals surface area contributed by atoms with E-state index in [0.717, 1.165) is 51.6 Å². The van der Waals surface area contributed by atoms with Crippen LogP contribution in [0.2, 0.25) is 0 Å². The number of carbonyl (C=O) groups excluding carboxylic acids is 2. The van der Waals surface area contributed by atoms with Gasteiger partial charge in [-0.3, -0.25) is 9.59 Å². The van der Waals surface area contributed by atoms with Crippen LogP contribution in [-0.2, 0) is 23.8 Å². The molecule has 190 valence electrons. The van der Waals surface area contributed by atoms with Crippen LogP contribution in [0.3, 0.4) is 0 Å². The molecular formula is C29H44O5. The third kappa shape index (κ3) is 3.11. The van der Waals surface area contributed by atoms with Crippen LogP contribution in [0.25, 0.3) is 0 Å². The molecule has 0 radical (unpaired) electrons. The van der Waals surface area contributed by atoms with Gasteiger partial charge < -0.3 is 14.2 Å². The molecular weight excluding hydrogens is 428 g/mol. The van der Waals surface area contributed by atoms with E-state index in [1.165, 1.54) is 19.8 Å². The maximum atomic E-state index is 14.1. The van der Waals surface area contributed by atoms with Gasteiger partial charge in [-0.15, -0.1) is 0 Å². The minimum Gasteiger partial charge on any atom is -0.463 e. The summed E-state index contributed by atoms with van der Waals surface area (Å²) in [6.07, 6.45) is 9.47. The molecule has 5 heteroatoms. The van der Waals surface area contributed by atoms with E-state index in [0.29, 0.717) is 35.4 Å². The summed E-state index contributed by atoms with van der Waals surface area (Å²) in [5.41, 5.74) is -0.0934. The molecule has 0 unspecified atom stereocenters. The molecule has 0 aromatic heterocycles. The minimum absolute atomic E-state index is 0.0613. The quantitative estimate of drug-likeness (QED) is 0.469. The number of fused-ring (bicyclic) bond motifs is 7. The average Bonchev–Trinajstić information content (AvgIpc) is 3.23. The monoisotopic (exact) mass is 472 g/mol. The van der Waals surface area contributed by atoms with Crippen molar-refractivity contribution in [3.63, 3.8) is 0 Å². The molecule has 0 bridgehead atoms. The van der Waals surface area contributed by atoms with E-state index in [-0.39, 0.29) is 40.8 Å². The lowest BCUT2D eigenvalue weighted by Crippen LogP contribution is -2.58. The standard InChI is InChI=1S/C29H44O5/c1-16-8-11-29(32-15-16)17(2)26-24(34-29)13-23-21-7-6-19-12-20(33-18(3)30)9-10-27(19,4)22(21)14-25(31)28(23,26)5/h16-17,19-24,26H,6-15H2,1-5H3/t16-,17-,19+,20+,21+,22-,23-,24-,26-,27+,28-,29-/m1/s1. The Morgan fingerprint density at radius 3 is 2.53 bits per heavy atom. The van der Waals surface area contributed by atoms with E-state index in [4.69, 9.17) is 14.2 Å². The van der Waals surface area contributed by atoms with Gasteiger partial charge in [0.1, 0.15) is 11.9 Å². The van der Waals surface area contributed by atoms with Crippen LogP contribution in [-0.4, -0.2) is 36.4 Å². The molecule has 2 aliphatic heterocycles. The Kier molecular flexibility index (Phi) is 5.37. The lowest BCUT2D eigenvalue weighted by molar-refractivity contribution is -0.272. The Morgan fingerprint density at radius 1 is 1.03 bits per heavy atom. The van der Waals surface area contributed by atoms with E-state index in [9.17, 15) is 9.59 Å². The van der Waals surface area contributed by atoms with Crippen molar-refractivity contribution in [2.24, 2.45) is 52.3 Å². The molecule has 4 saturated carbocycles. The lowest BCUT2D eigenvalue weighted by atomic mass is 9.44. The molecule has 34 heavy (non-hydrogen) atoms. The summed E-state index contributed by atoms with van der Waals surface area (Å²) < 4.78 is 18.8. The first-order valence-corrected chi connectivity index (χ1v) is 14.1. The molecule has 6 aliphatic rings. The van der Waals surface area contributed by atoms with Gasteiger partial charge in [0, 0.05) is 37.0 Å². The number of hydrogen-bond acceptors (Lipinski definition) is 5. The largest absolute Gasteiger partial charge is 0.463 e. The van der Waals surface area contributed by atoms with E-state index >= 15 is 0 Å². The molecule has 1 spiro atoms. The summed E-state index contributed by atoms with van der Waals surface area (Å²) in [6, 6.07) is 0. The van der Waals surface area contributed by atoms with Crippen LogP contribution >= 0.6 is 0 Å². The van der Waals surface area contributed by atoms with Gasteiger partial charge in [-0.2, -0.15) is 0 Å². The number of Topliss-reactive ketones (excluding diaryl/α,β-unsaturated/α-hetero) is 1. The zero-order chi connectivity index (χ0) is 24.0. The van der Waals surface area contributed by atoms with Crippen molar-refractivity contribution in [2.75, 3.05) is 6.61 Å². The number of ketones is 1. The smallest absolute Gasteiger partial charge is 0.302 e. The van der Waals surface area contributed by atoms with Gasteiger partial charge in [-0.25, -0.2) is 0 Å². The van der Waals surface area contributed by atoms with Crippen LogP contribution in [0.15, 0.2) is 0 Å². The van der Waals surface area contributed by atoms with Gasteiger partial charge in [-0.05, 0) is 80.0 Å². The van der Waals surface area contributed by atoms with Gasteiger partial charge in [0.05, 0.1) is 12.7 Å². The second kappa shape index (κ2) is 7.78. The van der Waals surface area contributed by atoms with Crippen molar-refractivity contribution in [3.8, 4) is 0 Å². The van der Waals surface area contributed by atoms with Gasteiger partial charge in [-0.1, -0.05) is 27.7 Å². The number of hydrogen-bond donors (Lipinski definition) is 0. The van der Waals surface area contributed by atoms with Crippen LogP contribution in [0.4, 0.5) is 0 Å². The predicted octanol–water partition coefficient (Wildman–Crippen LogP) is 5.54. The Labute approximate surface area is 205 Å². The molecule has 0 amide bonds. The van der Waals surface area contributed by atoms with Crippen LogP contribution in [0, 0.1) is 52.3 Å². The maximum absolute atomic E-state index is 14.1. The molecule has 2 saturated heterocycles. The van der Waals surface area contributed by atoms with Gasteiger partial charge in [0.25, 0.3) is 0 Å². The summed E-state index contributed by atoms with van der Waals surface area (Å²) in [6.45, 7) is 11.6. The van der Waals surface area contributed by atoms with Gasteiger partial charge >= 0.3 is 5.97 Å². The van der Waals surface area contributed by atoms with Gasteiger partial charge in [0.15, 0.2) is 5.79 Å². The van der Waals surface area contributed by atoms with E-state index in [1.54, 1.807) is 0 Å². The van der Waals surface area contributed by atoms with Crippen molar-refractivity contribution < 1.29 is 23.8 Å². The Morgan fingerprint density at radius 2 is 1.82 bits per heavy atom. The zero-order valence-electron chi connectivity index (χ0n) is 21.8. The zero-order valence-corrected chi connectivity index (χ0v) is 21.8. The topological polar surface area (TPSA) is 61.8 Å². The highest BCUT2D eigenvalue weighted by atomic mass is 16.7. The first-order valence-electron chi connectivity index (χ1n) is 14.1. The molecule has 0 N–H and O–H groups in total. The normalized spacial score (nSPS) is 56.4. The summed E-state index contributed by atoms with van der Waals surface area (Å²) in [5, 5.41) is 0. The molecule has 2 heterocycles. The number of rotatable bonds is 1. The fourth-order valence-corrected chi connectivity index (χ4v) is 10.3. The van der Waals surface area contributed by atoms with E-state index in [2.05, 4.69) is 27.7 Å². The van der Waals surface area contributed by atoms with Crippen molar-refractivity contribution in [1.82, 2.24) is 0 Å². The Bertz CT molecular complexity index is 861. The molecule has 5 nitrogen and oxygen atoms in total. The highest BCUT2D eigenvalue weighted by Crippen LogP contribution is 2.70. The van der Waals surface area contributed by atoms with Crippen LogP contribution < -0.4 is 0 Å². The first-order chi connectivity index (χ1) is 16.1. The molecule has 0 aromatic carbocycles. The number of carbonyl (C=O) groups is 2. The SMILES string of the molecule is CC(=O)O[C@H]1CC[C@@]2(C)[C@@H](CC[C@H]3[C@H]2CC(=O)[C@]2(C)[C@@H]4[C@@H](C)[C@@]5(CC[C@@H](C)CO5)O[C@@H]4C[C@H]32)C1. The fourth-order valence-electron chi connectivity index (χ4n) is 10.3. The fraction of sp³-hybridized carbons (Fsp3) is 0.931. The highest BCUT2D eigenvalue weighted by molar-refractivity contribution is 5.87. The van der Waals surface area contributed by atoms with Crippen LogP contribution in [0.5, 0.6) is 0 Å². The minimum atomic E-state index is -0.467. The van der Waals surface area contributed by atoms with Crippen molar-refractivity contribution in [2.45, 2.75) is 110 Å². The maximum Gasteiger partial charge on any atom is 0.302 e. The molecule has 12 atom stereocenters. The Hall–Kier alpha value is -0.940. The van der Waals surface area contributed by atoms with Crippen molar-refractivity contribution >= 4 is 11.8 Å². The number of ether oxygens (including phenoxy) is 3. The second-order valence-corrected chi connectivity index (χ2v) is 13.5. The summed E-state index contributed by atoms with van der Waals surface area (Å²) in [5.74, 6) is 3.07. The summed E-state index contributed by atoms with van der Waals surface area (Å²) in [4.78, 5) is 25.7. The van der Waals surface area contributed by atoms with E-state index < -0.39 is 5.79 Å². The van der Waals surface area contributed by atoms with Gasteiger partial charge in [0.2, 0.25) is 0 Å². The van der Waals surface area contributed by atoms with Crippen molar-refractivity contribution in [3.05, 3.63) is 0 Å².